The van der Waals surface area contributed by atoms with Crippen LogP contribution < -0.4 is 4.74 Å². The molecule has 7 heteroatoms. The summed E-state index contributed by atoms with van der Waals surface area (Å²) >= 11 is 6.29. The molecular weight excluding hydrogens is 478 g/mol. The Morgan fingerprint density at radius 3 is 2.75 bits per heavy atom. The maximum atomic E-state index is 11.2. The van der Waals surface area contributed by atoms with Crippen molar-refractivity contribution < 1.29 is 24.5 Å². The Kier molecular flexibility index (Phi) is 11.1. The summed E-state index contributed by atoms with van der Waals surface area (Å²) < 4.78 is 11.7. The highest BCUT2D eigenvalue weighted by atomic mass is 35.5. The number of aliphatic carboxylic acids is 1. The molecule has 1 aliphatic heterocycles. The van der Waals surface area contributed by atoms with Gasteiger partial charge in [-0.05, 0) is 73.9 Å². The second-order valence-corrected chi connectivity index (χ2v) is 9.99. The zero-order chi connectivity index (χ0) is 26.1. The average molecular weight is 518 g/mol. The van der Waals surface area contributed by atoms with Crippen LogP contribution in [0.4, 0.5) is 0 Å². The Bertz CT molecular complexity index is 998. The lowest BCUT2D eigenvalue weighted by atomic mass is 9.96. The van der Waals surface area contributed by atoms with E-state index >= 15 is 0 Å². The predicted octanol–water partition coefficient (Wildman–Crippen LogP) is 5.46. The Morgan fingerprint density at radius 1 is 1.25 bits per heavy atom. The van der Waals surface area contributed by atoms with Crippen molar-refractivity contribution in [1.82, 2.24) is 4.90 Å². The molecule has 0 unspecified atom stereocenters. The van der Waals surface area contributed by atoms with Gasteiger partial charge in [-0.25, -0.2) is 0 Å². The molecule has 198 valence electrons. The quantitative estimate of drug-likeness (QED) is 0.346. The Morgan fingerprint density at radius 2 is 2.06 bits per heavy atom. The average Bonchev–Trinajstić information content (AvgIpc) is 3.30. The van der Waals surface area contributed by atoms with E-state index in [9.17, 15) is 15.0 Å². The van der Waals surface area contributed by atoms with Crippen molar-refractivity contribution >= 4 is 17.6 Å². The number of likely N-dealkylation sites (tertiary alicyclic amines) is 1. The number of methoxy groups -OCH3 is 1. The van der Waals surface area contributed by atoms with Crippen molar-refractivity contribution in [1.29, 1.82) is 0 Å². The van der Waals surface area contributed by atoms with Gasteiger partial charge in [0.15, 0.2) is 0 Å². The molecule has 1 heterocycles. The number of rotatable bonds is 14. The molecule has 2 aromatic rings. The minimum absolute atomic E-state index is 0.0240. The lowest BCUT2D eigenvalue weighted by Gasteiger charge is -2.28. The van der Waals surface area contributed by atoms with E-state index in [1.165, 1.54) is 11.1 Å². The lowest BCUT2D eigenvalue weighted by Crippen LogP contribution is -2.39. The molecule has 0 radical (unpaired) electrons. The normalized spacial score (nSPS) is 17.8. The first-order chi connectivity index (χ1) is 17.4. The summed E-state index contributed by atoms with van der Waals surface area (Å²) in [6, 6.07) is 12.4. The summed E-state index contributed by atoms with van der Waals surface area (Å²) in [4.78, 5) is 13.5. The van der Waals surface area contributed by atoms with Gasteiger partial charge >= 0.3 is 5.97 Å². The molecule has 3 rings (SSSR count). The van der Waals surface area contributed by atoms with E-state index in [1.807, 2.05) is 31.2 Å². The zero-order valence-corrected chi connectivity index (χ0v) is 22.5. The summed E-state index contributed by atoms with van der Waals surface area (Å²) in [6.45, 7) is 5.91. The van der Waals surface area contributed by atoms with Gasteiger partial charge in [0.05, 0.1) is 25.9 Å². The largest absolute Gasteiger partial charge is 0.496 e. The number of aliphatic hydroxyl groups excluding tert-OH is 1. The number of carboxylic acids is 1. The van der Waals surface area contributed by atoms with Crippen molar-refractivity contribution in [2.75, 3.05) is 26.8 Å². The fourth-order valence-electron chi connectivity index (χ4n) is 5.22. The first-order valence-electron chi connectivity index (χ1n) is 13.0. The van der Waals surface area contributed by atoms with Crippen LogP contribution in [0.25, 0.3) is 0 Å². The van der Waals surface area contributed by atoms with E-state index in [0.29, 0.717) is 31.2 Å². The Hall–Kier alpha value is -2.12. The van der Waals surface area contributed by atoms with Crippen LogP contribution in [0.1, 0.15) is 67.9 Å². The van der Waals surface area contributed by atoms with Gasteiger partial charge in [0.1, 0.15) is 5.75 Å². The monoisotopic (exact) mass is 517 g/mol. The number of β-amino-alcohol motifs (C(OH)–C–C–N with tert-alkyl or cyclic N) is 1. The lowest BCUT2D eigenvalue weighted by molar-refractivity contribution is -0.136. The number of benzene rings is 2. The molecule has 0 aromatic heterocycles. The van der Waals surface area contributed by atoms with Gasteiger partial charge in [-0.2, -0.15) is 0 Å². The number of ether oxygens (including phenoxy) is 2. The second-order valence-electron chi connectivity index (χ2n) is 9.58. The van der Waals surface area contributed by atoms with E-state index in [-0.39, 0.29) is 19.1 Å². The number of halogens is 1. The van der Waals surface area contributed by atoms with Crippen LogP contribution in [0.5, 0.6) is 5.75 Å². The van der Waals surface area contributed by atoms with Crippen LogP contribution in [0.2, 0.25) is 5.02 Å². The first kappa shape index (κ1) is 28.5. The molecule has 1 fully saturated rings. The van der Waals surface area contributed by atoms with Gasteiger partial charge < -0.3 is 19.7 Å². The minimum atomic E-state index is -0.846. The molecule has 0 spiro atoms. The van der Waals surface area contributed by atoms with E-state index in [1.54, 1.807) is 7.11 Å². The number of carbonyl (C=O) groups is 1. The molecule has 2 N–H and O–H groups in total. The summed E-state index contributed by atoms with van der Waals surface area (Å²) in [5.41, 5.74) is 4.26. The van der Waals surface area contributed by atoms with Gasteiger partial charge in [-0.3, -0.25) is 9.69 Å². The molecule has 0 aliphatic carbocycles. The molecule has 1 aliphatic rings. The smallest absolute Gasteiger partial charge is 0.303 e. The molecule has 1 saturated heterocycles. The van der Waals surface area contributed by atoms with E-state index in [0.717, 1.165) is 48.4 Å². The second kappa shape index (κ2) is 14.0. The van der Waals surface area contributed by atoms with Crippen molar-refractivity contribution in [3.63, 3.8) is 0 Å². The van der Waals surface area contributed by atoms with E-state index in [4.69, 9.17) is 21.1 Å². The highest BCUT2D eigenvalue weighted by Crippen LogP contribution is 2.32. The molecule has 0 amide bonds. The number of aliphatic hydroxyl groups is 1. The number of carboxylic acid groups (broad SMARTS) is 1. The van der Waals surface area contributed by atoms with Gasteiger partial charge in [-0.15, -0.1) is 0 Å². The molecule has 2 aromatic carbocycles. The fraction of sp³-hybridized carbons (Fsp3) is 0.552. The van der Waals surface area contributed by atoms with Gasteiger partial charge in [0.2, 0.25) is 0 Å². The number of aryl methyl sites for hydroxylation is 1. The van der Waals surface area contributed by atoms with Crippen molar-refractivity contribution in [2.24, 2.45) is 0 Å². The van der Waals surface area contributed by atoms with Crippen LogP contribution in [0.15, 0.2) is 36.4 Å². The number of hydrogen-bond donors (Lipinski definition) is 2. The number of hydrogen-bond acceptors (Lipinski definition) is 5. The summed E-state index contributed by atoms with van der Waals surface area (Å²) in [6.07, 6.45) is 4.37. The molecule has 6 nitrogen and oxygen atoms in total. The molecule has 0 bridgehead atoms. The predicted molar refractivity (Wildman–Crippen MR) is 143 cm³/mol. The van der Waals surface area contributed by atoms with Crippen LogP contribution >= 0.6 is 11.6 Å². The minimum Gasteiger partial charge on any atom is -0.496 e. The standard InChI is InChI=1S/C29H40ClNO5/c1-4-21-16-20(11-13-26(21)30)17-22-8-7-15-31(22)18-23(32)19-36-27(5-2)24-9-6-10-28(35-3)25(24)12-14-29(33)34/h6,9-11,13,16,22-23,27,32H,4-5,7-8,12,14-15,17-19H2,1-3H3,(H,33,34)/t22-,23+,27+/m0/s1. The van der Waals surface area contributed by atoms with Crippen LogP contribution in [0, 0.1) is 0 Å². The molecule has 3 atom stereocenters. The molecule has 0 saturated carbocycles. The summed E-state index contributed by atoms with van der Waals surface area (Å²) in [7, 11) is 1.59. The maximum absolute atomic E-state index is 11.2. The summed E-state index contributed by atoms with van der Waals surface area (Å²) in [5.74, 6) is -0.175. The maximum Gasteiger partial charge on any atom is 0.303 e. The summed E-state index contributed by atoms with van der Waals surface area (Å²) in [5, 5.41) is 20.9. The van der Waals surface area contributed by atoms with Crippen LogP contribution in [-0.4, -0.2) is 60.0 Å². The van der Waals surface area contributed by atoms with Crippen molar-refractivity contribution in [3.8, 4) is 5.75 Å². The highest BCUT2D eigenvalue weighted by molar-refractivity contribution is 6.31. The van der Waals surface area contributed by atoms with Crippen LogP contribution in [0.3, 0.4) is 0 Å². The third-order valence-electron chi connectivity index (χ3n) is 7.09. The van der Waals surface area contributed by atoms with Crippen LogP contribution in [-0.2, 0) is 28.8 Å². The van der Waals surface area contributed by atoms with Gasteiger partial charge in [0.25, 0.3) is 0 Å². The fourth-order valence-corrected chi connectivity index (χ4v) is 5.47. The van der Waals surface area contributed by atoms with E-state index in [2.05, 4.69) is 24.0 Å². The molecular formula is C29H40ClNO5. The van der Waals surface area contributed by atoms with Gasteiger partial charge in [-0.1, -0.05) is 49.7 Å². The SMILES string of the molecule is CCc1cc(C[C@@H]2CCCN2C[C@@H](O)CO[C@H](CC)c2cccc(OC)c2CCC(=O)O)ccc1Cl. The Balaban J connectivity index is 1.60. The number of nitrogens with zero attached hydrogens (tertiary/aromatic N) is 1. The van der Waals surface area contributed by atoms with E-state index < -0.39 is 12.1 Å². The highest BCUT2D eigenvalue weighted by Gasteiger charge is 2.27. The first-order valence-corrected chi connectivity index (χ1v) is 13.4. The van der Waals surface area contributed by atoms with Crippen molar-refractivity contribution in [3.05, 3.63) is 63.7 Å². The zero-order valence-electron chi connectivity index (χ0n) is 21.7. The Labute approximate surface area is 220 Å². The molecule has 36 heavy (non-hydrogen) atoms. The van der Waals surface area contributed by atoms with Crippen molar-refractivity contribution in [2.45, 2.75) is 77.0 Å². The third kappa shape index (κ3) is 7.69. The third-order valence-corrected chi connectivity index (χ3v) is 7.46. The topological polar surface area (TPSA) is 79.2 Å². The van der Waals surface area contributed by atoms with Gasteiger partial charge in [0, 0.05) is 29.6 Å².